The second-order valence-corrected chi connectivity index (χ2v) is 7.47. The van der Waals surface area contributed by atoms with E-state index in [1.54, 1.807) is 7.05 Å². The molecule has 2 aliphatic rings. The Hall–Kier alpha value is -2.91. The Morgan fingerprint density at radius 3 is 2.96 bits per heavy atom. The van der Waals surface area contributed by atoms with E-state index in [0.717, 1.165) is 37.8 Å². The predicted molar refractivity (Wildman–Crippen MR) is 98.9 cm³/mol. The molecule has 4 N–H and O–H groups in total. The number of rotatable bonds is 6. The Bertz CT molecular complexity index is 819. The SMILES string of the molecule is CNc1nncc(Nc2cc([C@H]3CC[C@@H](OC(=O)NC4(C)CC4)C3)[nH]n2)n1. The third kappa shape index (κ3) is 4.26. The highest BCUT2D eigenvalue weighted by atomic mass is 16.6. The van der Waals surface area contributed by atoms with Crippen molar-refractivity contribution in [3.8, 4) is 0 Å². The molecule has 0 radical (unpaired) electrons. The minimum absolute atomic E-state index is 0.0535. The van der Waals surface area contributed by atoms with Gasteiger partial charge in [-0.2, -0.15) is 15.2 Å². The van der Waals surface area contributed by atoms with Gasteiger partial charge in [0.25, 0.3) is 0 Å². The molecular formula is C17H24N8O2. The van der Waals surface area contributed by atoms with Gasteiger partial charge in [-0.3, -0.25) is 5.10 Å². The lowest BCUT2D eigenvalue weighted by Crippen LogP contribution is -2.36. The maximum absolute atomic E-state index is 12.0. The van der Waals surface area contributed by atoms with Crippen LogP contribution < -0.4 is 16.0 Å². The largest absolute Gasteiger partial charge is 0.446 e. The van der Waals surface area contributed by atoms with E-state index < -0.39 is 0 Å². The lowest BCUT2D eigenvalue weighted by molar-refractivity contribution is 0.0967. The number of nitrogens with zero attached hydrogens (tertiary/aromatic N) is 4. The van der Waals surface area contributed by atoms with Crippen molar-refractivity contribution in [3.05, 3.63) is 18.0 Å². The first kappa shape index (κ1) is 17.5. The Balaban J connectivity index is 1.31. The number of alkyl carbamates (subject to hydrolysis) is 1. The van der Waals surface area contributed by atoms with Gasteiger partial charge in [0.1, 0.15) is 6.10 Å². The summed E-state index contributed by atoms with van der Waals surface area (Å²) in [5.41, 5.74) is 0.969. The van der Waals surface area contributed by atoms with Crippen LogP contribution in [0.4, 0.5) is 22.4 Å². The van der Waals surface area contributed by atoms with Crippen LogP contribution >= 0.6 is 0 Å². The van der Waals surface area contributed by atoms with E-state index in [9.17, 15) is 4.79 Å². The van der Waals surface area contributed by atoms with E-state index in [2.05, 4.69) is 41.3 Å². The number of anilines is 3. The summed E-state index contributed by atoms with van der Waals surface area (Å²) in [5, 5.41) is 24.0. The van der Waals surface area contributed by atoms with Crippen LogP contribution in [-0.2, 0) is 4.74 Å². The van der Waals surface area contributed by atoms with Crippen molar-refractivity contribution in [3.63, 3.8) is 0 Å². The summed E-state index contributed by atoms with van der Waals surface area (Å²) in [6, 6.07) is 1.96. The van der Waals surface area contributed by atoms with Crippen LogP contribution in [0.1, 0.15) is 50.6 Å². The summed E-state index contributed by atoms with van der Waals surface area (Å²) >= 11 is 0. The third-order valence-electron chi connectivity index (χ3n) is 5.14. The average molecular weight is 372 g/mol. The molecule has 144 valence electrons. The number of aromatic nitrogens is 5. The van der Waals surface area contributed by atoms with Crippen molar-refractivity contribution < 1.29 is 9.53 Å². The number of aromatic amines is 1. The molecule has 0 bridgehead atoms. The topological polar surface area (TPSA) is 130 Å². The number of hydrogen-bond donors (Lipinski definition) is 4. The van der Waals surface area contributed by atoms with Crippen LogP contribution in [0.5, 0.6) is 0 Å². The highest BCUT2D eigenvalue weighted by Gasteiger charge is 2.40. The van der Waals surface area contributed by atoms with Crippen molar-refractivity contribution in [2.75, 3.05) is 17.7 Å². The molecule has 2 atom stereocenters. The molecule has 2 heterocycles. The molecule has 0 aromatic carbocycles. The standard InChI is InChI=1S/C17H24N8O2/c1-17(5-6-17)22-16(26)27-11-4-3-10(7-11)12-8-13(24-23-12)20-14-9-19-25-15(18-2)21-14/h8-11H,3-7H2,1-2H3,(H,22,26)(H3,18,20,21,23,24,25)/t10-,11+/m0/s1. The van der Waals surface area contributed by atoms with Crippen LogP contribution in [-0.4, -0.2) is 50.2 Å². The van der Waals surface area contributed by atoms with Crippen LogP contribution in [0.15, 0.2) is 12.3 Å². The van der Waals surface area contributed by atoms with Crippen molar-refractivity contribution >= 4 is 23.7 Å². The van der Waals surface area contributed by atoms with E-state index in [4.69, 9.17) is 4.74 Å². The minimum Gasteiger partial charge on any atom is -0.446 e. The molecular weight excluding hydrogens is 348 g/mol. The number of amides is 1. The lowest BCUT2D eigenvalue weighted by Gasteiger charge is -2.16. The first-order chi connectivity index (χ1) is 13.0. The summed E-state index contributed by atoms with van der Waals surface area (Å²) in [4.78, 5) is 16.2. The maximum atomic E-state index is 12.0. The summed E-state index contributed by atoms with van der Waals surface area (Å²) in [6.07, 6.45) is 5.84. The third-order valence-corrected chi connectivity index (χ3v) is 5.14. The molecule has 2 fully saturated rings. The van der Waals surface area contributed by atoms with E-state index in [0.29, 0.717) is 23.5 Å². The summed E-state index contributed by atoms with van der Waals surface area (Å²) < 4.78 is 5.57. The Morgan fingerprint density at radius 1 is 1.33 bits per heavy atom. The van der Waals surface area contributed by atoms with Gasteiger partial charge < -0.3 is 20.7 Å². The van der Waals surface area contributed by atoms with E-state index >= 15 is 0 Å². The van der Waals surface area contributed by atoms with Gasteiger partial charge in [0.15, 0.2) is 11.6 Å². The summed E-state index contributed by atoms with van der Waals surface area (Å²) in [6.45, 7) is 2.04. The quantitative estimate of drug-likeness (QED) is 0.608. The molecule has 2 aromatic rings. The van der Waals surface area contributed by atoms with Crippen LogP contribution in [0.3, 0.4) is 0 Å². The second-order valence-electron chi connectivity index (χ2n) is 7.47. The minimum atomic E-state index is -0.302. The van der Waals surface area contributed by atoms with Gasteiger partial charge in [-0.1, -0.05) is 0 Å². The predicted octanol–water partition coefficient (Wildman–Crippen LogP) is 2.29. The molecule has 0 aliphatic heterocycles. The van der Waals surface area contributed by atoms with Crippen LogP contribution in [0.25, 0.3) is 0 Å². The molecule has 4 rings (SSSR count). The number of carbonyl (C=O) groups is 1. The van der Waals surface area contributed by atoms with E-state index in [1.807, 2.05) is 13.0 Å². The molecule has 0 spiro atoms. The fraction of sp³-hybridized carbons (Fsp3) is 0.588. The fourth-order valence-corrected chi connectivity index (χ4v) is 3.28. The van der Waals surface area contributed by atoms with E-state index in [-0.39, 0.29) is 17.7 Å². The molecule has 10 heteroatoms. The second kappa shape index (κ2) is 7.01. The van der Waals surface area contributed by atoms with Crippen molar-refractivity contribution in [1.29, 1.82) is 0 Å². The van der Waals surface area contributed by atoms with Crippen LogP contribution in [0, 0.1) is 0 Å². The highest BCUT2D eigenvalue weighted by molar-refractivity contribution is 5.69. The van der Waals surface area contributed by atoms with Gasteiger partial charge >= 0.3 is 6.09 Å². The highest BCUT2D eigenvalue weighted by Crippen LogP contribution is 2.37. The Kier molecular flexibility index (Phi) is 4.54. The average Bonchev–Trinajstić information content (AvgIpc) is 3.02. The number of nitrogens with one attached hydrogen (secondary N) is 4. The van der Waals surface area contributed by atoms with E-state index in [1.165, 1.54) is 6.20 Å². The van der Waals surface area contributed by atoms with Crippen molar-refractivity contribution in [1.82, 2.24) is 30.7 Å². The smallest absolute Gasteiger partial charge is 0.407 e. The number of ether oxygens (including phenoxy) is 1. The summed E-state index contributed by atoms with van der Waals surface area (Å²) in [7, 11) is 1.73. The van der Waals surface area contributed by atoms with Crippen molar-refractivity contribution in [2.45, 2.75) is 56.6 Å². The van der Waals surface area contributed by atoms with Gasteiger partial charge in [0.2, 0.25) is 5.95 Å². The molecule has 27 heavy (non-hydrogen) atoms. The Labute approximate surface area is 156 Å². The molecule has 2 saturated carbocycles. The summed E-state index contributed by atoms with van der Waals surface area (Å²) in [5.74, 6) is 1.95. The van der Waals surface area contributed by atoms with Gasteiger partial charge in [-0.25, -0.2) is 4.79 Å². The van der Waals surface area contributed by atoms with Crippen molar-refractivity contribution in [2.24, 2.45) is 0 Å². The lowest BCUT2D eigenvalue weighted by atomic mass is 10.0. The van der Waals surface area contributed by atoms with Gasteiger partial charge in [0, 0.05) is 30.3 Å². The normalized spacial score (nSPS) is 22.9. The van der Waals surface area contributed by atoms with Crippen LogP contribution in [0.2, 0.25) is 0 Å². The molecule has 10 nitrogen and oxygen atoms in total. The van der Waals surface area contributed by atoms with Gasteiger partial charge in [-0.05, 0) is 39.0 Å². The zero-order valence-electron chi connectivity index (χ0n) is 15.5. The molecule has 2 aromatic heterocycles. The zero-order chi connectivity index (χ0) is 18.9. The molecule has 1 amide bonds. The fourth-order valence-electron chi connectivity index (χ4n) is 3.28. The number of carbonyl (C=O) groups excluding carboxylic acids is 1. The first-order valence-electron chi connectivity index (χ1n) is 9.21. The number of H-pyrrole nitrogens is 1. The first-order valence-corrected chi connectivity index (χ1v) is 9.21. The molecule has 0 unspecified atom stereocenters. The molecule has 0 saturated heterocycles. The van der Waals surface area contributed by atoms with Gasteiger partial charge in [-0.15, -0.1) is 5.10 Å². The number of hydrogen-bond acceptors (Lipinski definition) is 8. The Morgan fingerprint density at radius 2 is 2.19 bits per heavy atom. The maximum Gasteiger partial charge on any atom is 0.407 e. The van der Waals surface area contributed by atoms with Gasteiger partial charge in [0.05, 0.1) is 6.20 Å². The molecule has 2 aliphatic carbocycles. The zero-order valence-corrected chi connectivity index (χ0v) is 15.5. The monoisotopic (exact) mass is 372 g/mol.